The smallest absolute Gasteiger partial charge is 0.242 e. The number of nitrogens with zero attached hydrogens (tertiary/aromatic N) is 3. The zero-order chi connectivity index (χ0) is 24.4. The first kappa shape index (κ1) is 27.5. The third-order valence-corrected chi connectivity index (χ3v) is 6.35. The van der Waals surface area contributed by atoms with Crippen LogP contribution >= 0.6 is 27.5 Å². The third-order valence-electron chi connectivity index (χ3n) is 5.63. The molecule has 2 amide bonds. The van der Waals surface area contributed by atoms with E-state index < -0.39 is 5.38 Å². The summed E-state index contributed by atoms with van der Waals surface area (Å²) in [5.74, 6) is 0.230. The lowest BCUT2D eigenvalue weighted by molar-refractivity contribution is -0.140. The predicted molar refractivity (Wildman–Crippen MR) is 139 cm³/mol. The Bertz CT molecular complexity index is 880. The first-order valence-electron chi connectivity index (χ1n) is 11.8. The fraction of sp³-hybridized carbons (Fsp3) is 0.538. The summed E-state index contributed by atoms with van der Waals surface area (Å²) in [6, 6.07) is 12.4. The third kappa shape index (κ3) is 9.17. The summed E-state index contributed by atoms with van der Waals surface area (Å²) in [5, 5.41) is -0.641. The number of carbonyl (C=O) groups excluding carboxylic acids is 2. The van der Waals surface area contributed by atoms with Gasteiger partial charge in [0.1, 0.15) is 5.38 Å². The maximum atomic E-state index is 13.3. The minimum atomic E-state index is -0.641. The lowest BCUT2D eigenvalue weighted by Gasteiger charge is -2.29. The Kier molecular flexibility index (Phi) is 11.5. The number of rotatable bonds is 13. The molecule has 1 aromatic carbocycles. The van der Waals surface area contributed by atoms with E-state index in [1.165, 1.54) is 5.56 Å². The van der Waals surface area contributed by atoms with E-state index in [1.807, 2.05) is 29.3 Å². The van der Waals surface area contributed by atoms with Crippen LogP contribution in [0, 0.1) is 5.92 Å². The summed E-state index contributed by atoms with van der Waals surface area (Å²) in [7, 11) is 0. The molecule has 7 heteroatoms. The van der Waals surface area contributed by atoms with E-state index >= 15 is 0 Å². The number of hydrogen-bond acceptors (Lipinski definition) is 2. The van der Waals surface area contributed by atoms with Crippen LogP contribution in [-0.2, 0) is 22.7 Å². The summed E-state index contributed by atoms with van der Waals surface area (Å²) >= 11 is 9.57. The van der Waals surface area contributed by atoms with Crippen molar-refractivity contribution in [2.24, 2.45) is 5.92 Å². The Morgan fingerprint density at radius 2 is 1.76 bits per heavy atom. The van der Waals surface area contributed by atoms with Gasteiger partial charge in [0.2, 0.25) is 11.8 Å². The molecule has 0 N–H and O–H groups in total. The normalized spacial score (nSPS) is 12.1. The van der Waals surface area contributed by atoms with E-state index in [2.05, 4.69) is 59.5 Å². The Hall–Kier alpha value is -1.79. The number of unbranched alkanes of at least 4 members (excludes halogenated alkanes) is 1. The van der Waals surface area contributed by atoms with Crippen molar-refractivity contribution in [3.63, 3.8) is 0 Å². The summed E-state index contributed by atoms with van der Waals surface area (Å²) in [6.07, 6.45) is 4.81. The van der Waals surface area contributed by atoms with Gasteiger partial charge in [-0.15, -0.1) is 11.6 Å². The van der Waals surface area contributed by atoms with Crippen molar-refractivity contribution in [1.82, 2.24) is 14.4 Å². The molecule has 1 aromatic heterocycles. The largest absolute Gasteiger partial charge is 0.345 e. The van der Waals surface area contributed by atoms with Gasteiger partial charge in [-0.25, -0.2) is 0 Å². The topological polar surface area (TPSA) is 45.6 Å². The van der Waals surface area contributed by atoms with E-state index in [4.69, 9.17) is 11.6 Å². The molecule has 33 heavy (non-hydrogen) atoms. The van der Waals surface area contributed by atoms with Gasteiger partial charge in [-0.05, 0) is 55.5 Å². The number of amides is 2. The highest BCUT2D eigenvalue weighted by molar-refractivity contribution is 9.10. The number of aromatic nitrogens is 1. The van der Waals surface area contributed by atoms with E-state index in [1.54, 1.807) is 11.8 Å². The molecule has 182 valence electrons. The SMILES string of the molecule is CCCCN(Cc1cccn1Cc1ccc(Br)cc1)C(=O)CN(CCC(C)C)C(=O)C(C)Cl. The molecule has 0 aliphatic carbocycles. The van der Waals surface area contributed by atoms with Gasteiger partial charge in [-0.2, -0.15) is 0 Å². The molecule has 0 saturated carbocycles. The fourth-order valence-corrected chi connectivity index (χ4v) is 3.97. The van der Waals surface area contributed by atoms with E-state index in [0.717, 1.165) is 36.0 Å². The Labute approximate surface area is 212 Å². The Morgan fingerprint density at radius 3 is 2.36 bits per heavy atom. The molecule has 0 aliphatic rings. The summed E-state index contributed by atoms with van der Waals surface area (Å²) < 4.78 is 3.23. The van der Waals surface area contributed by atoms with Crippen LogP contribution in [0.15, 0.2) is 47.1 Å². The van der Waals surface area contributed by atoms with Crippen molar-refractivity contribution in [2.45, 2.75) is 65.4 Å². The molecule has 0 saturated heterocycles. The maximum absolute atomic E-state index is 13.3. The van der Waals surface area contributed by atoms with Crippen LogP contribution in [-0.4, -0.2) is 51.2 Å². The molecule has 2 aromatic rings. The molecule has 0 fully saturated rings. The summed E-state index contributed by atoms with van der Waals surface area (Å²) in [4.78, 5) is 29.5. The van der Waals surface area contributed by atoms with Crippen LogP contribution in [0.3, 0.4) is 0 Å². The number of halogens is 2. The molecule has 0 bridgehead atoms. The van der Waals surface area contributed by atoms with Gasteiger partial charge in [0.15, 0.2) is 0 Å². The van der Waals surface area contributed by atoms with Crippen LogP contribution in [0.2, 0.25) is 0 Å². The van der Waals surface area contributed by atoms with E-state index in [-0.39, 0.29) is 18.4 Å². The molecule has 1 unspecified atom stereocenters. The lowest BCUT2D eigenvalue weighted by Crippen LogP contribution is -2.45. The number of hydrogen-bond donors (Lipinski definition) is 0. The van der Waals surface area contributed by atoms with E-state index in [9.17, 15) is 9.59 Å². The molecular weight excluding hydrogens is 502 g/mol. The lowest BCUT2D eigenvalue weighted by atomic mass is 10.1. The molecule has 1 heterocycles. The van der Waals surface area contributed by atoms with Gasteiger partial charge in [-0.3, -0.25) is 9.59 Å². The van der Waals surface area contributed by atoms with Gasteiger partial charge in [-0.1, -0.05) is 55.3 Å². The van der Waals surface area contributed by atoms with Crippen LogP contribution in [0.1, 0.15) is 58.2 Å². The van der Waals surface area contributed by atoms with Crippen molar-refractivity contribution < 1.29 is 9.59 Å². The average Bonchev–Trinajstić information content (AvgIpc) is 3.21. The Balaban J connectivity index is 2.14. The highest BCUT2D eigenvalue weighted by atomic mass is 79.9. The second-order valence-electron chi connectivity index (χ2n) is 8.98. The minimum Gasteiger partial charge on any atom is -0.345 e. The van der Waals surface area contributed by atoms with E-state index in [0.29, 0.717) is 25.6 Å². The predicted octanol–water partition coefficient (Wildman–Crippen LogP) is 5.93. The molecular formula is C26H37BrClN3O2. The Morgan fingerprint density at radius 1 is 1.06 bits per heavy atom. The van der Waals surface area contributed by atoms with Crippen LogP contribution in [0.5, 0.6) is 0 Å². The molecule has 0 spiro atoms. The standard InChI is InChI=1S/C26H37BrClN3O2/c1-5-6-14-30(25(32)19-31(16-13-20(2)3)26(33)21(4)28)18-24-8-7-15-29(24)17-22-9-11-23(27)12-10-22/h7-12,15,20-21H,5-6,13-14,16-19H2,1-4H3. The first-order valence-corrected chi connectivity index (χ1v) is 13.0. The van der Waals surface area contributed by atoms with Crippen LogP contribution < -0.4 is 0 Å². The molecule has 2 rings (SSSR count). The van der Waals surface area contributed by atoms with Gasteiger partial charge >= 0.3 is 0 Å². The van der Waals surface area contributed by atoms with Crippen molar-refractivity contribution in [2.75, 3.05) is 19.6 Å². The zero-order valence-corrected chi connectivity index (χ0v) is 22.6. The first-order chi connectivity index (χ1) is 15.7. The minimum absolute atomic E-state index is 0.0331. The highest BCUT2D eigenvalue weighted by Crippen LogP contribution is 2.15. The summed E-state index contributed by atoms with van der Waals surface area (Å²) in [5.41, 5.74) is 2.27. The van der Waals surface area contributed by atoms with Crippen molar-refractivity contribution in [1.29, 1.82) is 0 Å². The number of carbonyl (C=O) groups is 2. The van der Waals surface area contributed by atoms with Crippen molar-refractivity contribution >= 4 is 39.3 Å². The second-order valence-corrected chi connectivity index (χ2v) is 10.6. The molecule has 1 atom stereocenters. The fourth-order valence-electron chi connectivity index (χ4n) is 3.57. The zero-order valence-electron chi connectivity index (χ0n) is 20.3. The molecule has 5 nitrogen and oxygen atoms in total. The average molecular weight is 539 g/mol. The van der Waals surface area contributed by atoms with Gasteiger partial charge in [0.05, 0.1) is 13.1 Å². The molecule has 0 radical (unpaired) electrons. The quantitative estimate of drug-likeness (QED) is 0.297. The van der Waals surface area contributed by atoms with Crippen molar-refractivity contribution in [3.8, 4) is 0 Å². The monoisotopic (exact) mass is 537 g/mol. The van der Waals surface area contributed by atoms with Gasteiger partial charge in [0, 0.05) is 36.0 Å². The maximum Gasteiger partial charge on any atom is 0.242 e. The van der Waals surface area contributed by atoms with Gasteiger partial charge < -0.3 is 14.4 Å². The van der Waals surface area contributed by atoms with Gasteiger partial charge in [0.25, 0.3) is 0 Å². The van der Waals surface area contributed by atoms with Crippen LogP contribution in [0.4, 0.5) is 0 Å². The number of alkyl halides is 1. The molecule has 0 aliphatic heterocycles. The second kappa shape index (κ2) is 13.8. The number of benzene rings is 1. The summed E-state index contributed by atoms with van der Waals surface area (Å²) in [6.45, 7) is 10.6. The highest BCUT2D eigenvalue weighted by Gasteiger charge is 2.24. The van der Waals surface area contributed by atoms with Crippen molar-refractivity contribution in [3.05, 3.63) is 58.3 Å². The van der Waals surface area contributed by atoms with Crippen LogP contribution in [0.25, 0.3) is 0 Å².